The number of esters is 1. The molecule has 1 atom stereocenters. The van der Waals surface area contributed by atoms with Crippen molar-refractivity contribution < 1.29 is 24.0 Å². The van der Waals surface area contributed by atoms with Crippen molar-refractivity contribution in [3.63, 3.8) is 0 Å². The number of carbonyl (C=O) groups excluding carboxylic acids is 2. The van der Waals surface area contributed by atoms with E-state index in [1.54, 1.807) is 6.92 Å². The van der Waals surface area contributed by atoms with Crippen molar-refractivity contribution >= 4 is 35.2 Å². The zero-order valence-corrected chi connectivity index (χ0v) is 15.3. The van der Waals surface area contributed by atoms with Crippen LogP contribution in [0.1, 0.15) is 25.5 Å². The average Bonchev–Trinajstić information content (AvgIpc) is 2.56. The van der Waals surface area contributed by atoms with Gasteiger partial charge in [0.1, 0.15) is 18.4 Å². The highest BCUT2D eigenvalue weighted by Crippen LogP contribution is 2.27. The van der Waals surface area contributed by atoms with Gasteiger partial charge in [-0.1, -0.05) is 23.2 Å². The second-order valence-electron chi connectivity index (χ2n) is 5.50. The Morgan fingerprint density at radius 3 is 2.80 bits per heavy atom. The predicted octanol–water partition coefficient (Wildman–Crippen LogP) is 1.89. The fourth-order valence-corrected chi connectivity index (χ4v) is 2.98. The summed E-state index contributed by atoms with van der Waals surface area (Å²) in [4.78, 5) is 23.5. The van der Waals surface area contributed by atoms with E-state index in [1.165, 1.54) is 12.1 Å². The molecule has 0 radical (unpaired) electrons. The van der Waals surface area contributed by atoms with Crippen molar-refractivity contribution in [2.45, 2.75) is 19.9 Å². The number of halogens is 3. The van der Waals surface area contributed by atoms with E-state index in [0.29, 0.717) is 28.4 Å². The number of rotatable bonds is 6. The van der Waals surface area contributed by atoms with Crippen LogP contribution in [0.3, 0.4) is 0 Å². The molecule has 0 aromatic heterocycles. The predicted molar refractivity (Wildman–Crippen MR) is 91.8 cm³/mol. The molecule has 6 nitrogen and oxygen atoms in total. The maximum absolute atomic E-state index is 13.7. The van der Waals surface area contributed by atoms with Crippen molar-refractivity contribution in [3.8, 4) is 0 Å². The fourth-order valence-electron chi connectivity index (χ4n) is 2.43. The van der Waals surface area contributed by atoms with Crippen LogP contribution in [-0.2, 0) is 9.53 Å². The topological polar surface area (TPSA) is 84.0 Å². The number of nitrogens with two attached hydrogens (primary N) is 1. The van der Waals surface area contributed by atoms with Crippen LogP contribution >= 0.6 is 23.2 Å². The third kappa shape index (κ3) is 4.84. The van der Waals surface area contributed by atoms with Gasteiger partial charge in [0.15, 0.2) is 0 Å². The minimum absolute atomic E-state index is 0.0427. The number of quaternary nitrogens is 1. The highest BCUT2D eigenvalue weighted by Gasteiger charge is 2.25. The maximum atomic E-state index is 13.7. The number of hydrogen-bond donors (Lipinski definition) is 3. The number of amides is 2. The molecule has 1 heterocycles. The first kappa shape index (κ1) is 19.5. The van der Waals surface area contributed by atoms with Gasteiger partial charge in [0.05, 0.1) is 34.5 Å². The highest BCUT2D eigenvalue weighted by atomic mass is 35.5. The first-order valence-corrected chi connectivity index (χ1v) is 8.50. The number of carbonyl (C=O) groups is 2. The van der Waals surface area contributed by atoms with Crippen LogP contribution in [0.25, 0.3) is 0 Å². The van der Waals surface area contributed by atoms with Crippen LogP contribution in [0.15, 0.2) is 23.4 Å². The lowest BCUT2D eigenvalue weighted by atomic mass is 10.1. The molecule has 1 aliphatic heterocycles. The number of hydrogen-bond acceptors (Lipinski definition) is 3. The van der Waals surface area contributed by atoms with Crippen molar-refractivity contribution in [3.05, 3.63) is 44.8 Å². The quantitative estimate of drug-likeness (QED) is 0.512. The first-order chi connectivity index (χ1) is 11.8. The van der Waals surface area contributed by atoms with Gasteiger partial charge in [0.25, 0.3) is 0 Å². The summed E-state index contributed by atoms with van der Waals surface area (Å²) in [7, 11) is 0. The molecule has 25 heavy (non-hydrogen) atoms. The standard InChI is InChI=1S/C16H18Cl2FN3O3/c1-3-25-15(23)10-6-21-16(24)22-14(10)7-20-8(2)9-4-13(19)12(18)5-11(9)17/h4-5,8,20H,3,6-7H2,1-2H3,(H2,21,22,24)/p+1/t8-/m1/s1. The zero-order valence-electron chi connectivity index (χ0n) is 13.8. The lowest BCUT2D eigenvalue weighted by Crippen LogP contribution is -2.86. The van der Waals surface area contributed by atoms with Crippen molar-refractivity contribution in [2.24, 2.45) is 0 Å². The van der Waals surface area contributed by atoms with E-state index in [9.17, 15) is 14.0 Å². The Bertz CT molecular complexity index is 725. The molecule has 0 spiro atoms. The normalized spacial score (nSPS) is 15.5. The Morgan fingerprint density at radius 2 is 2.12 bits per heavy atom. The smallest absolute Gasteiger partial charge is 0.337 e. The Kier molecular flexibility index (Phi) is 6.64. The molecule has 1 aromatic rings. The molecule has 2 amide bonds. The zero-order chi connectivity index (χ0) is 18.6. The Morgan fingerprint density at radius 1 is 1.40 bits per heavy atom. The summed E-state index contributed by atoms with van der Waals surface area (Å²) in [6.45, 7) is 4.17. The summed E-state index contributed by atoms with van der Waals surface area (Å²) in [6, 6.07) is 2.03. The number of benzene rings is 1. The molecule has 0 fully saturated rings. The minimum Gasteiger partial charge on any atom is -0.463 e. The van der Waals surface area contributed by atoms with E-state index in [0.717, 1.165) is 0 Å². The Hall–Kier alpha value is -1.83. The highest BCUT2D eigenvalue weighted by molar-refractivity contribution is 6.35. The number of urea groups is 1. The first-order valence-electron chi connectivity index (χ1n) is 7.75. The molecule has 4 N–H and O–H groups in total. The van der Waals surface area contributed by atoms with Gasteiger partial charge in [-0.2, -0.15) is 0 Å². The lowest BCUT2D eigenvalue weighted by Gasteiger charge is -2.21. The number of ether oxygens (including phenoxy) is 1. The van der Waals surface area contributed by atoms with E-state index < -0.39 is 11.8 Å². The summed E-state index contributed by atoms with van der Waals surface area (Å²) in [5.41, 5.74) is 1.39. The van der Waals surface area contributed by atoms with E-state index in [2.05, 4.69) is 10.6 Å². The van der Waals surface area contributed by atoms with Gasteiger partial charge in [0, 0.05) is 5.56 Å². The second-order valence-corrected chi connectivity index (χ2v) is 6.32. The van der Waals surface area contributed by atoms with Gasteiger partial charge in [-0.25, -0.2) is 14.0 Å². The summed E-state index contributed by atoms with van der Waals surface area (Å²) in [5.74, 6) is -1.04. The molecule has 0 bridgehead atoms. The molecular formula is C16H19Cl2FN3O3+. The van der Waals surface area contributed by atoms with Gasteiger partial charge in [0.2, 0.25) is 0 Å². The molecule has 0 saturated carbocycles. The molecule has 1 aliphatic rings. The van der Waals surface area contributed by atoms with Crippen LogP contribution in [0.2, 0.25) is 10.0 Å². The largest absolute Gasteiger partial charge is 0.463 e. The molecule has 2 rings (SSSR count). The number of nitrogens with one attached hydrogen (secondary N) is 2. The van der Waals surface area contributed by atoms with E-state index in [4.69, 9.17) is 27.9 Å². The van der Waals surface area contributed by atoms with E-state index >= 15 is 0 Å². The Balaban J connectivity index is 2.15. The van der Waals surface area contributed by atoms with E-state index in [-0.39, 0.29) is 30.2 Å². The second kappa shape index (κ2) is 8.51. The summed E-state index contributed by atoms with van der Waals surface area (Å²) >= 11 is 11.8. The van der Waals surface area contributed by atoms with Crippen molar-refractivity contribution in [1.29, 1.82) is 0 Å². The van der Waals surface area contributed by atoms with E-state index in [1.807, 2.05) is 12.2 Å². The molecule has 0 saturated heterocycles. The average molecular weight is 391 g/mol. The molecule has 0 unspecified atom stereocenters. The monoisotopic (exact) mass is 390 g/mol. The minimum atomic E-state index is -0.553. The van der Waals surface area contributed by atoms with Crippen molar-refractivity contribution in [1.82, 2.24) is 10.6 Å². The summed E-state index contributed by atoms with van der Waals surface area (Å²) in [6.07, 6.45) is 0. The molecule has 0 aliphatic carbocycles. The van der Waals surface area contributed by atoms with Crippen LogP contribution in [0.4, 0.5) is 9.18 Å². The lowest BCUT2D eigenvalue weighted by molar-refractivity contribution is -0.686. The maximum Gasteiger partial charge on any atom is 0.337 e. The summed E-state index contributed by atoms with van der Waals surface area (Å²) < 4.78 is 18.7. The van der Waals surface area contributed by atoms with Crippen LogP contribution in [0, 0.1) is 5.82 Å². The van der Waals surface area contributed by atoms with Crippen LogP contribution in [-0.4, -0.2) is 31.7 Å². The molecule has 9 heteroatoms. The van der Waals surface area contributed by atoms with Crippen LogP contribution in [0.5, 0.6) is 0 Å². The SMILES string of the molecule is CCOC(=O)C1=C(C[NH2+][C@H](C)c2cc(F)c(Cl)cc2Cl)NC(=O)NC1. The Labute approximate surface area is 154 Å². The molecule has 1 aromatic carbocycles. The van der Waals surface area contributed by atoms with Gasteiger partial charge in [-0.05, 0) is 26.0 Å². The van der Waals surface area contributed by atoms with Gasteiger partial charge < -0.3 is 20.7 Å². The van der Waals surface area contributed by atoms with Crippen LogP contribution < -0.4 is 16.0 Å². The van der Waals surface area contributed by atoms with Gasteiger partial charge >= 0.3 is 12.0 Å². The molecule has 136 valence electrons. The van der Waals surface area contributed by atoms with Crippen molar-refractivity contribution in [2.75, 3.05) is 19.7 Å². The molecular weight excluding hydrogens is 372 g/mol. The van der Waals surface area contributed by atoms with Gasteiger partial charge in [-0.15, -0.1) is 0 Å². The third-order valence-electron chi connectivity index (χ3n) is 3.78. The summed E-state index contributed by atoms with van der Waals surface area (Å²) in [5, 5.41) is 7.29. The third-order valence-corrected chi connectivity index (χ3v) is 4.40. The van der Waals surface area contributed by atoms with Gasteiger partial charge in [-0.3, -0.25) is 0 Å². The fraction of sp³-hybridized carbons (Fsp3) is 0.375.